The Labute approximate surface area is 181 Å². The number of carbonyl (C=O) groups excluding carboxylic acids is 2. The second kappa shape index (κ2) is 9.10. The highest BCUT2D eigenvalue weighted by atomic mass is 19.4. The van der Waals surface area contributed by atoms with Crippen molar-refractivity contribution in [2.75, 3.05) is 5.32 Å². The molecule has 0 saturated heterocycles. The van der Waals surface area contributed by atoms with E-state index in [0.717, 1.165) is 48.5 Å². The van der Waals surface area contributed by atoms with Gasteiger partial charge in [-0.2, -0.15) is 0 Å². The van der Waals surface area contributed by atoms with E-state index < -0.39 is 58.3 Å². The van der Waals surface area contributed by atoms with Crippen LogP contribution < -0.4 is 20.5 Å². The second-order valence-electron chi connectivity index (χ2n) is 6.37. The fraction of sp³-hybridized carbons (Fsp3) is 0.0476. The van der Waals surface area contributed by atoms with Crippen LogP contribution in [-0.2, 0) is 0 Å². The standard InChI is InChI=1S/C21H12F6N2O4/c22-14-6-1-10(9-13(14)19(28)30)29-20(31)17-16(8-7-15(23)18(17)24)32-11-2-4-12(5-3-11)33-21(25,26)27/h1-9H,(H2,28,30)(H,29,31). The Morgan fingerprint density at radius 3 is 2.06 bits per heavy atom. The number of primary amides is 1. The highest BCUT2D eigenvalue weighted by Gasteiger charge is 2.31. The number of hydrogen-bond acceptors (Lipinski definition) is 4. The van der Waals surface area contributed by atoms with E-state index in [1.54, 1.807) is 0 Å². The molecule has 12 heteroatoms. The molecule has 3 aromatic rings. The summed E-state index contributed by atoms with van der Waals surface area (Å²) in [6.45, 7) is 0. The van der Waals surface area contributed by atoms with Gasteiger partial charge in [0.1, 0.15) is 28.6 Å². The Bertz CT molecular complexity index is 1210. The van der Waals surface area contributed by atoms with Gasteiger partial charge in [-0.05, 0) is 54.6 Å². The Morgan fingerprint density at radius 2 is 1.45 bits per heavy atom. The number of ether oxygens (including phenoxy) is 2. The van der Waals surface area contributed by atoms with Gasteiger partial charge in [-0.1, -0.05) is 0 Å². The minimum absolute atomic E-state index is 0.123. The normalized spacial score (nSPS) is 11.1. The fourth-order valence-corrected chi connectivity index (χ4v) is 2.65. The maximum atomic E-state index is 14.4. The molecule has 6 nitrogen and oxygen atoms in total. The molecular weight excluding hydrogens is 458 g/mol. The summed E-state index contributed by atoms with van der Waals surface area (Å²) in [6.07, 6.45) is -4.91. The molecular formula is C21H12F6N2O4. The van der Waals surface area contributed by atoms with E-state index in [-0.39, 0.29) is 11.4 Å². The van der Waals surface area contributed by atoms with Crippen LogP contribution in [0.1, 0.15) is 20.7 Å². The molecule has 0 spiro atoms. The van der Waals surface area contributed by atoms with Crippen molar-refractivity contribution in [3.63, 3.8) is 0 Å². The number of benzene rings is 3. The van der Waals surface area contributed by atoms with Gasteiger partial charge in [-0.15, -0.1) is 13.2 Å². The van der Waals surface area contributed by atoms with E-state index >= 15 is 0 Å². The van der Waals surface area contributed by atoms with Crippen molar-refractivity contribution < 1.29 is 45.4 Å². The van der Waals surface area contributed by atoms with Crippen molar-refractivity contribution in [3.05, 3.63) is 83.2 Å². The zero-order valence-electron chi connectivity index (χ0n) is 16.2. The zero-order valence-corrected chi connectivity index (χ0v) is 16.2. The number of alkyl halides is 3. The van der Waals surface area contributed by atoms with E-state index in [4.69, 9.17) is 10.5 Å². The molecule has 0 heterocycles. The van der Waals surface area contributed by atoms with Crippen LogP contribution in [0.2, 0.25) is 0 Å². The monoisotopic (exact) mass is 470 g/mol. The lowest BCUT2D eigenvalue weighted by atomic mass is 10.1. The zero-order chi connectivity index (χ0) is 24.3. The SMILES string of the molecule is NC(=O)c1cc(NC(=O)c2c(Oc3ccc(OC(F)(F)F)cc3)ccc(F)c2F)ccc1F. The largest absolute Gasteiger partial charge is 0.573 e. The Morgan fingerprint density at radius 1 is 0.848 bits per heavy atom. The number of nitrogens with two attached hydrogens (primary N) is 1. The van der Waals surface area contributed by atoms with Crippen molar-refractivity contribution in [2.45, 2.75) is 6.36 Å². The van der Waals surface area contributed by atoms with E-state index in [9.17, 15) is 35.9 Å². The van der Waals surface area contributed by atoms with Crippen molar-refractivity contribution in [1.29, 1.82) is 0 Å². The second-order valence-corrected chi connectivity index (χ2v) is 6.37. The fourth-order valence-electron chi connectivity index (χ4n) is 2.65. The van der Waals surface area contributed by atoms with Crippen LogP contribution in [0.25, 0.3) is 0 Å². The molecule has 0 fully saturated rings. The molecule has 33 heavy (non-hydrogen) atoms. The Hall–Kier alpha value is -4.22. The first-order valence-corrected chi connectivity index (χ1v) is 8.87. The highest BCUT2D eigenvalue weighted by molar-refractivity contribution is 6.07. The van der Waals surface area contributed by atoms with Crippen LogP contribution in [0.4, 0.5) is 32.0 Å². The van der Waals surface area contributed by atoms with Crippen molar-refractivity contribution in [1.82, 2.24) is 0 Å². The van der Waals surface area contributed by atoms with E-state index in [1.807, 2.05) is 0 Å². The Balaban J connectivity index is 1.89. The summed E-state index contributed by atoms with van der Waals surface area (Å²) in [5.41, 5.74) is 3.43. The number of hydrogen-bond donors (Lipinski definition) is 2. The molecule has 0 saturated carbocycles. The molecule has 3 aromatic carbocycles. The number of rotatable bonds is 6. The molecule has 0 aliphatic heterocycles. The first kappa shape index (κ1) is 23.4. The third kappa shape index (κ3) is 5.73. The lowest BCUT2D eigenvalue weighted by Crippen LogP contribution is -2.18. The maximum Gasteiger partial charge on any atom is 0.573 e. The number of anilines is 1. The van der Waals surface area contributed by atoms with Crippen molar-refractivity contribution in [2.24, 2.45) is 5.73 Å². The predicted molar refractivity (Wildman–Crippen MR) is 102 cm³/mol. The molecule has 3 rings (SSSR count). The van der Waals surface area contributed by atoms with Crippen LogP contribution in [0.5, 0.6) is 17.2 Å². The van der Waals surface area contributed by atoms with Gasteiger partial charge in [0.05, 0.1) is 5.56 Å². The molecule has 0 aliphatic rings. The topological polar surface area (TPSA) is 90.7 Å². The molecule has 0 radical (unpaired) electrons. The van der Waals surface area contributed by atoms with Crippen LogP contribution in [0.15, 0.2) is 54.6 Å². The van der Waals surface area contributed by atoms with Crippen LogP contribution in [0.3, 0.4) is 0 Å². The third-order valence-electron chi connectivity index (χ3n) is 4.06. The number of nitrogens with one attached hydrogen (secondary N) is 1. The third-order valence-corrected chi connectivity index (χ3v) is 4.06. The molecule has 0 aromatic heterocycles. The van der Waals surface area contributed by atoms with Gasteiger partial charge in [0, 0.05) is 5.69 Å². The maximum absolute atomic E-state index is 14.4. The van der Waals surface area contributed by atoms with Gasteiger partial charge in [0.2, 0.25) is 0 Å². The first-order valence-electron chi connectivity index (χ1n) is 8.87. The van der Waals surface area contributed by atoms with Gasteiger partial charge < -0.3 is 20.5 Å². The molecule has 3 N–H and O–H groups in total. The van der Waals surface area contributed by atoms with Crippen LogP contribution in [0, 0.1) is 17.5 Å². The van der Waals surface area contributed by atoms with E-state index in [0.29, 0.717) is 6.07 Å². The summed E-state index contributed by atoms with van der Waals surface area (Å²) in [6, 6.07) is 8.28. The lowest BCUT2D eigenvalue weighted by molar-refractivity contribution is -0.274. The number of halogens is 6. The Kier molecular flexibility index (Phi) is 6.47. The summed E-state index contributed by atoms with van der Waals surface area (Å²) in [7, 11) is 0. The average Bonchev–Trinajstić information content (AvgIpc) is 2.72. The van der Waals surface area contributed by atoms with Crippen LogP contribution in [-0.4, -0.2) is 18.2 Å². The minimum atomic E-state index is -4.91. The van der Waals surface area contributed by atoms with Crippen molar-refractivity contribution in [3.8, 4) is 17.2 Å². The van der Waals surface area contributed by atoms with Crippen LogP contribution >= 0.6 is 0 Å². The lowest BCUT2D eigenvalue weighted by Gasteiger charge is -2.14. The van der Waals surface area contributed by atoms with E-state index in [2.05, 4.69) is 10.1 Å². The summed E-state index contributed by atoms with van der Waals surface area (Å²) >= 11 is 0. The summed E-state index contributed by atoms with van der Waals surface area (Å²) < 4.78 is 87.7. The van der Waals surface area contributed by atoms with Gasteiger partial charge in [-0.25, -0.2) is 13.2 Å². The van der Waals surface area contributed by atoms with E-state index in [1.165, 1.54) is 0 Å². The minimum Gasteiger partial charge on any atom is -0.456 e. The van der Waals surface area contributed by atoms with Gasteiger partial charge in [0.25, 0.3) is 11.8 Å². The molecule has 0 unspecified atom stereocenters. The van der Waals surface area contributed by atoms with Gasteiger partial charge in [-0.3, -0.25) is 9.59 Å². The molecule has 0 bridgehead atoms. The number of carbonyl (C=O) groups is 2. The smallest absolute Gasteiger partial charge is 0.456 e. The molecule has 172 valence electrons. The predicted octanol–water partition coefficient (Wildman–Crippen LogP) is 5.15. The van der Waals surface area contributed by atoms with Gasteiger partial charge >= 0.3 is 6.36 Å². The quantitative estimate of drug-likeness (QED) is 0.488. The summed E-state index contributed by atoms with van der Waals surface area (Å²) in [5, 5.41) is 2.16. The highest BCUT2D eigenvalue weighted by Crippen LogP contribution is 2.31. The summed E-state index contributed by atoms with van der Waals surface area (Å²) in [4.78, 5) is 23.9. The first-order chi connectivity index (χ1) is 15.4. The molecule has 0 aliphatic carbocycles. The number of amides is 2. The molecule has 2 amide bonds. The van der Waals surface area contributed by atoms with Gasteiger partial charge in [0.15, 0.2) is 11.6 Å². The van der Waals surface area contributed by atoms with Crippen molar-refractivity contribution >= 4 is 17.5 Å². The molecule has 0 atom stereocenters. The summed E-state index contributed by atoms with van der Waals surface area (Å²) in [5.74, 6) is -7.43. The average molecular weight is 470 g/mol.